The standard InChI is InChI=1S/C13H20N2O3S/c1-9-7-12(18-2)13(8-11(9)14)19(16,17)15-10-5-3-4-6-10/h7-8,10,15H,3-6,14H2,1-2H3. The second-order valence-electron chi connectivity index (χ2n) is 4.96. The Labute approximate surface area is 114 Å². The van der Waals surface area contributed by atoms with Gasteiger partial charge in [-0.3, -0.25) is 0 Å². The van der Waals surface area contributed by atoms with Crippen molar-refractivity contribution in [3.8, 4) is 5.75 Å². The van der Waals surface area contributed by atoms with Gasteiger partial charge in [0.25, 0.3) is 0 Å². The van der Waals surface area contributed by atoms with Crippen molar-refractivity contribution in [2.45, 2.75) is 43.5 Å². The molecule has 0 spiro atoms. The molecule has 1 aromatic carbocycles. The third kappa shape index (κ3) is 3.01. The second kappa shape index (κ2) is 5.38. The zero-order valence-electron chi connectivity index (χ0n) is 11.3. The molecule has 1 fully saturated rings. The van der Waals surface area contributed by atoms with E-state index in [0.717, 1.165) is 31.2 Å². The number of benzene rings is 1. The van der Waals surface area contributed by atoms with Crippen LogP contribution >= 0.6 is 0 Å². The van der Waals surface area contributed by atoms with Crippen LogP contribution in [0.5, 0.6) is 5.75 Å². The van der Waals surface area contributed by atoms with Gasteiger partial charge in [0.05, 0.1) is 7.11 Å². The number of anilines is 1. The highest BCUT2D eigenvalue weighted by Crippen LogP contribution is 2.30. The lowest BCUT2D eigenvalue weighted by Gasteiger charge is -2.16. The zero-order valence-corrected chi connectivity index (χ0v) is 12.1. The van der Waals surface area contributed by atoms with Crippen LogP contribution in [-0.4, -0.2) is 21.6 Å². The Hall–Kier alpha value is -1.27. The fourth-order valence-electron chi connectivity index (χ4n) is 2.37. The number of hydrogen-bond acceptors (Lipinski definition) is 4. The van der Waals surface area contributed by atoms with Gasteiger partial charge in [0.1, 0.15) is 10.6 Å². The summed E-state index contributed by atoms with van der Waals surface area (Å²) in [6, 6.07) is 3.14. The molecule has 0 heterocycles. The number of sulfonamides is 1. The zero-order chi connectivity index (χ0) is 14.0. The maximum Gasteiger partial charge on any atom is 0.244 e. The lowest BCUT2D eigenvalue weighted by atomic mass is 10.2. The van der Waals surface area contributed by atoms with Crippen molar-refractivity contribution in [2.75, 3.05) is 12.8 Å². The minimum Gasteiger partial charge on any atom is -0.495 e. The molecule has 1 aromatic rings. The van der Waals surface area contributed by atoms with E-state index in [9.17, 15) is 8.42 Å². The highest BCUT2D eigenvalue weighted by atomic mass is 32.2. The van der Waals surface area contributed by atoms with E-state index in [1.54, 1.807) is 6.07 Å². The maximum atomic E-state index is 12.4. The van der Waals surface area contributed by atoms with Crippen LogP contribution in [0.15, 0.2) is 17.0 Å². The molecule has 0 radical (unpaired) electrons. The number of hydrogen-bond donors (Lipinski definition) is 2. The molecular weight excluding hydrogens is 264 g/mol. The molecule has 5 nitrogen and oxygen atoms in total. The van der Waals surface area contributed by atoms with Crippen LogP contribution in [0.4, 0.5) is 5.69 Å². The number of rotatable bonds is 4. The molecule has 1 aliphatic rings. The maximum absolute atomic E-state index is 12.4. The first-order valence-corrected chi connectivity index (χ1v) is 7.89. The van der Waals surface area contributed by atoms with E-state index in [4.69, 9.17) is 10.5 Å². The van der Waals surface area contributed by atoms with Gasteiger partial charge in [0.15, 0.2) is 0 Å². The normalized spacial score (nSPS) is 16.7. The van der Waals surface area contributed by atoms with Gasteiger partial charge < -0.3 is 10.5 Å². The van der Waals surface area contributed by atoms with Gasteiger partial charge in [-0.1, -0.05) is 12.8 Å². The Morgan fingerprint density at radius 3 is 2.53 bits per heavy atom. The van der Waals surface area contributed by atoms with Gasteiger partial charge in [-0.25, -0.2) is 13.1 Å². The number of aryl methyl sites for hydroxylation is 1. The molecule has 0 unspecified atom stereocenters. The van der Waals surface area contributed by atoms with E-state index >= 15 is 0 Å². The van der Waals surface area contributed by atoms with E-state index in [1.807, 2.05) is 6.92 Å². The summed E-state index contributed by atoms with van der Waals surface area (Å²) in [6.07, 6.45) is 3.92. The number of nitrogens with one attached hydrogen (secondary N) is 1. The molecular formula is C13H20N2O3S. The third-order valence-corrected chi connectivity index (χ3v) is 5.06. The predicted octanol–water partition coefficient (Wildman–Crippen LogP) is 1.81. The van der Waals surface area contributed by atoms with Crippen LogP contribution in [0.1, 0.15) is 31.2 Å². The fraction of sp³-hybridized carbons (Fsp3) is 0.538. The van der Waals surface area contributed by atoms with Crippen LogP contribution < -0.4 is 15.2 Å². The lowest BCUT2D eigenvalue weighted by Crippen LogP contribution is -2.33. The molecule has 106 valence electrons. The number of ether oxygens (including phenoxy) is 1. The molecule has 0 atom stereocenters. The molecule has 0 saturated heterocycles. The van der Waals surface area contributed by atoms with Gasteiger partial charge in [-0.2, -0.15) is 0 Å². The SMILES string of the molecule is COc1cc(C)c(N)cc1S(=O)(=O)NC1CCCC1. The Balaban J connectivity index is 2.36. The average Bonchev–Trinajstić information content (AvgIpc) is 2.84. The topological polar surface area (TPSA) is 81.4 Å². The minimum atomic E-state index is -3.58. The van der Waals surface area contributed by atoms with Crippen LogP contribution in [-0.2, 0) is 10.0 Å². The second-order valence-corrected chi connectivity index (χ2v) is 6.64. The van der Waals surface area contributed by atoms with E-state index in [2.05, 4.69) is 4.72 Å². The highest BCUT2D eigenvalue weighted by Gasteiger charge is 2.26. The molecule has 0 amide bonds. The Morgan fingerprint density at radius 1 is 1.32 bits per heavy atom. The smallest absolute Gasteiger partial charge is 0.244 e. The molecule has 19 heavy (non-hydrogen) atoms. The van der Waals surface area contributed by atoms with Gasteiger partial charge in [-0.05, 0) is 37.5 Å². The Bertz CT molecular complexity index is 563. The van der Waals surface area contributed by atoms with Crippen molar-refractivity contribution in [3.05, 3.63) is 17.7 Å². The number of nitrogen functional groups attached to an aromatic ring is 1. The van der Waals surface area contributed by atoms with Crippen molar-refractivity contribution in [1.82, 2.24) is 4.72 Å². The molecule has 1 aliphatic carbocycles. The summed E-state index contributed by atoms with van der Waals surface area (Å²) in [7, 11) is -2.12. The monoisotopic (exact) mass is 284 g/mol. The summed E-state index contributed by atoms with van der Waals surface area (Å²) in [5.41, 5.74) is 7.06. The quantitative estimate of drug-likeness (QED) is 0.826. The summed E-state index contributed by atoms with van der Waals surface area (Å²) in [6.45, 7) is 1.82. The van der Waals surface area contributed by atoms with E-state index < -0.39 is 10.0 Å². The summed E-state index contributed by atoms with van der Waals surface area (Å²) < 4.78 is 32.7. The van der Waals surface area contributed by atoms with Crippen molar-refractivity contribution in [3.63, 3.8) is 0 Å². The van der Waals surface area contributed by atoms with Gasteiger partial charge in [-0.15, -0.1) is 0 Å². The van der Waals surface area contributed by atoms with Gasteiger partial charge in [0, 0.05) is 11.7 Å². The molecule has 1 saturated carbocycles. The number of nitrogens with two attached hydrogens (primary N) is 1. The minimum absolute atomic E-state index is 0.0252. The van der Waals surface area contributed by atoms with Gasteiger partial charge >= 0.3 is 0 Å². The van der Waals surface area contributed by atoms with E-state index in [1.165, 1.54) is 13.2 Å². The summed E-state index contributed by atoms with van der Waals surface area (Å²) >= 11 is 0. The molecule has 0 bridgehead atoms. The van der Waals surface area contributed by atoms with Gasteiger partial charge in [0.2, 0.25) is 10.0 Å². The van der Waals surface area contributed by atoms with E-state index in [0.29, 0.717) is 11.4 Å². The van der Waals surface area contributed by atoms with Crippen LogP contribution in [0.2, 0.25) is 0 Å². The van der Waals surface area contributed by atoms with Crippen molar-refractivity contribution in [1.29, 1.82) is 0 Å². The Kier molecular flexibility index (Phi) is 4.01. The molecule has 3 N–H and O–H groups in total. The van der Waals surface area contributed by atoms with Crippen LogP contribution in [0, 0.1) is 6.92 Å². The Morgan fingerprint density at radius 2 is 1.95 bits per heavy atom. The fourth-order valence-corrected chi connectivity index (χ4v) is 3.86. The molecule has 2 rings (SSSR count). The average molecular weight is 284 g/mol. The van der Waals surface area contributed by atoms with Crippen molar-refractivity contribution >= 4 is 15.7 Å². The predicted molar refractivity (Wildman–Crippen MR) is 74.7 cm³/mol. The highest BCUT2D eigenvalue weighted by molar-refractivity contribution is 7.89. The lowest BCUT2D eigenvalue weighted by molar-refractivity contribution is 0.401. The largest absolute Gasteiger partial charge is 0.495 e. The first kappa shape index (κ1) is 14.1. The summed E-state index contributed by atoms with van der Waals surface area (Å²) in [5.74, 6) is 0.331. The van der Waals surface area contributed by atoms with Crippen LogP contribution in [0.3, 0.4) is 0 Å². The molecule has 0 aromatic heterocycles. The van der Waals surface area contributed by atoms with Crippen molar-refractivity contribution in [2.24, 2.45) is 0 Å². The third-order valence-electron chi connectivity index (χ3n) is 3.52. The summed E-state index contributed by atoms with van der Waals surface area (Å²) in [5, 5.41) is 0. The summed E-state index contributed by atoms with van der Waals surface area (Å²) in [4.78, 5) is 0.116. The van der Waals surface area contributed by atoms with Crippen molar-refractivity contribution < 1.29 is 13.2 Å². The molecule has 6 heteroatoms. The van der Waals surface area contributed by atoms with Crippen LogP contribution in [0.25, 0.3) is 0 Å². The first-order valence-electron chi connectivity index (χ1n) is 6.40. The first-order chi connectivity index (χ1) is 8.94. The van der Waals surface area contributed by atoms with E-state index in [-0.39, 0.29) is 10.9 Å². The number of methoxy groups -OCH3 is 1. The molecule has 0 aliphatic heterocycles.